The summed E-state index contributed by atoms with van der Waals surface area (Å²) in [5.41, 5.74) is 1.17. The van der Waals surface area contributed by atoms with Crippen molar-refractivity contribution in [1.82, 2.24) is 9.55 Å². The van der Waals surface area contributed by atoms with Gasteiger partial charge in [-0.25, -0.2) is 0 Å². The van der Waals surface area contributed by atoms with E-state index in [0.717, 1.165) is 10.0 Å². The average Bonchev–Trinajstić information content (AvgIpc) is 2.73. The molecule has 2 atom stereocenters. The number of aromatic amines is 1. The second kappa shape index (κ2) is 4.74. The van der Waals surface area contributed by atoms with Gasteiger partial charge in [-0.2, -0.15) is 11.8 Å². The van der Waals surface area contributed by atoms with E-state index in [0.29, 0.717) is 6.04 Å². The zero-order chi connectivity index (χ0) is 10.8. The number of rotatable bonds is 3. The van der Waals surface area contributed by atoms with Crippen molar-refractivity contribution in [3.05, 3.63) is 16.7 Å². The van der Waals surface area contributed by atoms with Gasteiger partial charge in [0.15, 0.2) is 4.77 Å². The maximum atomic E-state index is 5.31. The largest absolute Gasteiger partial charge is 0.335 e. The third-order valence-electron chi connectivity index (χ3n) is 3.02. The molecular weight excluding hydrogens is 224 g/mol. The number of nitrogens with one attached hydrogen (secondary N) is 1. The molecule has 2 rings (SSSR count). The number of hydrogen-bond acceptors (Lipinski definition) is 2. The molecule has 1 heterocycles. The first kappa shape index (κ1) is 11.3. The van der Waals surface area contributed by atoms with Crippen LogP contribution in [0.3, 0.4) is 0 Å². The van der Waals surface area contributed by atoms with E-state index >= 15 is 0 Å². The molecule has 15 heavy (non-hydrogen) atoms. The minimum atomic E-state index is 0.631. The minimum Gasteiger partial charge on any atom is -0.335 e. The Bertz CT molecular complexity index is 380. The SMILES string of the molecule is CCSC1CCC(n2cc(C)[nH]c2=S)C1. The van der Waals surface area contributed by atoms with Gasteiger partial charge in [0.1, 0.15) is 0 Å². The fourth-order valence-corrected chi connectivity index (χ4v) is 3.86. The van der Waals surface area contributed by atoms with Gasteiger partial charge in [0.05, 0.1) is 0 Å². The Balaban J connectivity index is 2.07. The maximum Gasteiger partial charge on any atom is 0.177 e. The van der Waals surface area contributed by atoms with Gasteiger partial charge < -0.3 is 9.55 Å². The van der Waals surface area contributed by atoms with Crippen molar-refractivity contribution >= 4 is 24.0 Å². The van der Waals surface area contributed by atoms with Gasteiger partial charge >= 0.3 is 0 Å². The van der Waals surface area contributed by atoms with Crippen molar-refractivity contribution in [3.63, 3.8) is 0 Å². The normalized spacial score (nSPS) is 26.0. The number of aryl methyl sites for hydroxylation is 1. The van der Waals surface area contributed by atoms with Crippen LogP contribution in [0.25, 0.3) is 0 Å². The highest BCUT2D eigenvalue weighted by atomic mass is 32.2. The van der Waals surface area contributed by atoms with Gasteiger partial charge in [0, 0.05) is 23.2 Å². The molecule has 0 saturated heterocycles. The van der Waals surface area contributed by atoms with E-state index in [1.807, 2.05) is 0 Å². The van der Waals surface area contributed by atoms with Crippen LogP contribution in [0, 0.1) is 11.7 Å². The van der Waals surface area contributed by atoms with Crippen molar-refractivity contribution < 1.29 is 0 Å². The maximum absolute atomic E-state index is 5.31. The molecule has 1 aromatic heterocycles. The summed E-state index contributed by atoms with van der Waals surface area (Å²) in [7, 11) is 0. The molecule has 0 spiro atoms. The van der Waals surface area contributed by atoms with Gasteiger partial charge in [0.25, 0.3) is 0 Å². The number of thioether (sulfide) groups is 1. The van der Waals surface area contributed by atoms with Crippen LogP contribution < -0.4 is 0 Å². The lowest BCUT2D eigenvalue weighted by Crippen LogP contribution is -2.05. The van der Waals surface area contributed by atoms with E-state index in [4.69, 9.17) is 12.2 Å². The topological polar surface area (TPSA) is 20.7 Å². The lowest BCUT2D eigenvalue weighted by Gasteiger charge is -2.11. The van der Waals surface area contributed by atoms with Crippen molar-refractivity contribution in [1.29, 1.82) is 0 Å². The minimum absolute atomic E-state index is 0.631. The smallest absolute Gasteiger partial charge is 0.177 e. The fraction of sp³-hybridized carbons (Fsp3) is 0.727. The third-order valence-corrected chi connectivity index (χ3v) is 4.57. The zero-order valence-corrected chi connectivity index (χ0v) is 11.0. The van der Waals surface area contributed by atoms with Crippen LogP contribution in [0.5, 0.6) is 0 Å². The zero-order valence-electron chi connectivity index (χ0n) is 9.32. The second-order valence-corrected chi connectivity index (χ2v) is 6.16. The Hall–Kier alpha value is -0.220. The monoisotopic (exact) mass is 242 g/mol. The summed E-state index contributed by atoms with van der Waals surface area (Å²) < 4.78 is 3.14. The third kappa shape index (κ3) is 2.48. The fourth-order valence-electron chi connectivity index (χ4n) is 2.36. The average molecular weight is 242 g/mol. The van der Waals surface area contributed by atoms with E-state index in [2.05, 4.69) is 41.4 Å². The molecule has 1 aliphatic carbocycles. The van der Waals surface area contributed by atoms with Gasteiger partial charge in [-0.3, -0.25) is 0 Å². The molecule has 1 fully saturated rings. The van der Waals surface area contributed by atoms with Crippen LogP contribution in [0.15, 0.2) is 6.20 Å². The number of imidazole rings is 1. The number of aromatic nitrogens is 2. The Morgan fingerprint density at radius 2 is 2.40 bits per heavy atom. The van der Waals surface area contributed by atoms with E-state index in [1.54, 1.807) is 0 Å². The van der Waals surface area contributed by atoms with Crippen molar-refractivity contribution in [2.24, 2.45) is 0 Å². The highest BCUT2D eigenvalue weighted by Gasteiger charge is 2.26. The van der Waals surface area contributed by atoms with Crippen molar-refractivity contribution in [2.75, 3.05) is 5.75 Å². The summed E-state index contributed by atoms with van der Waals surface area (Å²) in [6.07, 6.45) is 6.06. The number of nitrogens with zero attached hydrogens (tertiary/aromatic N) is 1. The Morgan fingerprint density at radius 3 is 3.00 bits per heavy atom. The molecule has 0 bridgehead atoms. The van der Waals surface area contributed by atoms with Gasteiger partial charge in [-0.05, 0) is 44.2 Å². The van der Waals surface area contributed by atoms with Crippen LogP contribution in [0.1, 0.15) is 37.9 Å². The molecule has 2 unspecified atom stereocenters. The van der Waals surface area contributed by atoms with Gasteiger partial charge in [-0.1, -0.05) is 6.92 Å². The predicted octanol–water partition coefficient (Wildman–Crippen LogP) is 3.70. The lowest BCUT2D eigenvalue weighted by atomic mass is 10.2. The summed E-state index contributed by atoms with van der Waals surface area (Å²) in [6.45, 7) is 4.31. The molecule has 0 aromatic carbocycles. The molecule has 1 aromatic rings. The van der Waals surface area contributed by atoms with Crippen LogP contribution in [0.2, 0.25) is 0 Å². The van der Waals surface area contributed by atoms with Crippen LogP contribution in [-0.2, 0) is 0 Å². The molecule has 4 heteroatoms. The van der Waals surface area contributed by atoms with E-state index in [-0.39, 0.29) is 0 Å². The quantitative estimate of drug-likeness (QED) is 0.816. The van der Waals surface area contributed by atoms with Crippen LogP contribution in [0.4, 0.5) is 0 Å². The van der Waals surface area contributed by atoms with E-state index in [1.165, 1.54) is 30.7 Å². The molecular formula is C11H18N2S2. The molecule has 84 valence electrons. The van der Waals surface area contributed by atoms with Crippen LogP contribution in [-0.4, -0.2) is 20.6 Å². The van der Waals surface area contributed by atoms with Crippen molar-refractivity contribution in [2.45, 2.75) is 44.4 Å². The second-order valence-electron chi connectivity index (χ2n) is 4.19. The van der Waals surface area contributed by atoms with Crippen molar-refractivity contribution in [3.8, 4) is 0 Å². The molecule has 2 nitrogen and oxygen atoms in total. The highest BCUT2D eigenvalue weighted by molar-refractivity contribution is 7.99. The summed E-state index contributed by atoms with van der Waals surface area (Å²) in [4.78, 5) is 3.20. The molecule has 1 N–H and O–H groups in total. The molecule has 1 aliphatic rings. The van der Waals surface area contributed by atoms with Gasteiger partial charge in [0.2, 0.25) is 0 Å². The standard InChI is InChI=1S/C11H18N2S2/c1-3-15-10-5-4-9(6-10)13-7-8(2)12-11(13)14/h7,9-10H,3-6H2,1-2H3,(H,12,14). The highest BCUT2D eigenvalue weighted by Crippen LogP contribution is 2.37. The number of hydrogen-bond donors (Lipinski definition) is 1. The molecule has 0 amide bonds. The van der Waals surface area contributed by atoms with E-state index < -0.39 is 0 Å². The Kier molecular flexibility index (Phi) is 3.57. The predicted molar refractivity (Wildman–Crippen MR) is 69.2 cm³/mol. The summed E-state index contributed by atoms with van der Waals surface area (Å²) >= 11 is 7.41. The summed E-state index contributed by atoms with van der Waals surface area (Å²) in [6, 6.07) is 0.631. The van der Waals surface area contributed by atoms with Gasteiger partial charge in [-0.15, -0.1) is 0 Å². The molecule has 0 aliphatic heterocycles. The Labute approximate surface area is 100 Å². The van der Waals surface area contributed by atoms with Crippen LogP contribution >= 0.6 is 24.0 Å². The first-order valence-corrected chi connectivity index (χ1v) is 7.05. The summed E-state index contributed by atoms with van der Waals surface area (Å²) in [5, 5.41) is 0.845. The first-order valence-electron chi connectivity index (χ1n) is 5.60. The molecule has 0 radical (unpaired) electrons. The number of H-pyrrole nitrogens is 1. The first-order chi connectivity index (χ1) is 7.20. The lowest BCUT2D eigenvalue weighted by molar-refractivity contribution is 0.513. The Morgan fingerprint density at radius 1 is 1.60 bits per heavy atom. The van der Waals surface area contributed by atoms with E-state index in [9.17, 15) is 0 Å². The summed E-state index contributed by atoms with van der Waals surface area (Å²) in [5.74, 6) is 1.23. The molecule has 1 saturated carbocycles.